The van der Waals surface area contributed by atoms with Crippen LogP contribution in [-0.4, -0.2) is 4.57 Å². The zero-order valence-electron chi connectivity index (χ0n) is 10.7. The number of hydrogen-bond acceptors (Lipinski definition) is 1. The van der Waals surface area contributed by atoms with E-state index in [0.717, 1.165) is 5.92 Å². The fourth-order valence-corrected chi connectivity index (χ4v) is 3.55. The van der Waals surface area contributed by atoms with E-state index in [9.17, 15) is 0 Å². The minimum atomic E-state index is 0.289. The average Bonchev–Trinajstić information content (AvgIpc) is 2.92. The minimum Gasteiger partial charge on any atom is -0.353 e. The first-order valence-corrected chi connectivity index (χ1v) is 7.27. The summed E-state index contributed by atoms with van der Waals surface area (Å²) in [5.41, 5.74) is 9.21. The molecule has 0 saturated heterocycles. The number of fused-ring (bicyclic) bond motifs is 1. The Morgan fingerprint density at radius 2 is 1.82 bits per heavy atom. The number of aromatic nitrogens is 1. The third-order valence-corrected chi connectivity index (χ3v) is 4.55. The second kappa shape index (κ2) is 4.85. The fraction of sp³-hybridized carbons (Fsp3) is 0.733. The predicted octanol–water partition coefficient (Wildman–Crippen LogP) is 3.40. The monoisotopic (exact) mass is 232 g/mol. The van der Waals surface area contributed by atoms with Crippen molar-refractivity contribution in [1.82, 2.24) is 4.57 Å². The zero-order chi connectivity index (χ0) is 11.7. The van der Waals surface area contributed by atoms with Gasteiger partial charge in [-0.3, -0.25) is 0 Å². The van der Waals surface area contributed by atoms with Crippen LogP contribution in [0, 0.1) is 5.92 Å². The van der Waals surface area contributed by atoms with Gasteiger partial charge in [0.15, 0.2) is 0 Å². The molecule has 1 aromatic heterocycles. The first-order valence-electron chi connectivity index (χ1n) is 7.27. The summed E-state index contributed by atoms with van der Waals surface area (Å²) in [7, 11) is 0. The third kappa shape index (κ3) is 2.42. The highest BCUT2D eigenvalue weighted by molar-refractivity contribution is 5.28. The number of rotatable bonds is 2. The van der Waals surface area contributed by atoms with Crippen LogP contribution >= 0.6 is 0 Å². The van der Waals surface area contributed by atoms with Crippen molar-refractivity contribution in [2.24, 2.45) is 11.7 Å². The number of aryl methyl sites for hydroxylation is 1. The first-order chi connectivity index (χ1) is 8.33. The summed E-state index contributed by atoms with van der Waals surface area (Å²) >= 11 is 0. The van der Waals surface area contributed by atoms with Gasteiger partial charge >= 0.3 is 0 Å². The summed E-state index contributed by atoms with van der Waals surface area (Å²) in [6.45, 7) is 1.22. The van der Waals surface area contributed by atoms with Gasteiger partial charge in [0.1, 0.15) is 0 Å². The van der Waals surface area contributed by atoms with E-state index in [-0.39, 0.29) is 6.04 Å². The Balaban J connectivity index is 1.75. The predicted molar refractivity (Wildman–Crippen MR) is 70.9 cm³/mol. The van der Waals surface area contributed by atoms with Gasteiger partial charge in [0.05, 0.1) is 0 Å². The van der Waals surface area contributed by atoms with Gasteiger partial charge in [-0.25, -0.2) is 0 Å². The Bertz CT molecular complexity index is 374. The van der Waals surface area contributed by atoms with E-state index in [0.29, 0.717) is 0 Å². The lowest BCUT2D eigenvalue weighted by atomic mass is 10.1. The van der Waals surface area contributed by atoms with Crippen LogP contribution in [0.25, 0.3) is 0 Å². The van der Waals surface area contributed by atoms with Crippen LogP contribution in [0.4, 0.5) is 0 Å². The van der Waals surface area contributed by atoms with Gasteiger partial charge in [-0.1, -0.05) is 19.3 Å². The van der Waals surface area contributed by atoms with Gasteiger partial charge in [-0.15, -0.1) is 0 Å². The summed E-state index contributed by atoms with van der Waals surface area (Å²) in [5.74, 6) is 0.919. The highest BCUT2D eigenvalue weighted by Gasteiger charge is 2.20. The molecule has 3 rings (SSSR count). The van der Waals surface area contributed by atoms with Gasteiger partial charge in [0.25, 0.3) is 0 Å². The molecule has 17 heavy (non-hydrogen) atoms. The first kappa shape index (κ1) is 11.3. The second-order valence-corrected chi connectivity index (χ2v) is 5.94. The van der Waals surface area contributed by atoms with Crippen LogP contribution in [0.1, 0.15) is 62.1 Å². The summed E-state index contributed by atoms with van der Waals surface area (Å²) < 4.78 is 2.42. The maximum Gasteiger partial charge on any atom is 0.0312 e. The largest absolute Gasteiger partial charge is 0.353 e. The molecule has 0 aromatic carbocycles. The van der Waals surface area contributed by atoms with E-state index in [2.05, 4.69) is 17.0 Å². The molecule has 2 aliphatic carbocycles. The van der Waals surface area contributed by atoms with E-state index in [1.807, 2.05) is 0 Å². The molecule has 1 saturated carbocycles. The number of hydrogen-bond donors (Lipinski definition) is 1. The lowest BCUT2D eigenvalue weighted by Crippen LogP contribution is -2.09. The molecule has 2 N–H and O–H groups in total. The van der Waals surface area contributed by atoms with E-state index >= 15 is 0 Å². The van der Waals surface area contributed by atoms with Gasteiger partial charge in [0.2, 0.25) is 0 Å². The van der Waals surface area contributed by atoms with Crippen molar-refractivity contribution in [3.8, 4) is 0 Å². The molecule has 0 radical (unpaired) electrons. The summed E-state index contributed by atoms with van der Waals surface area (Å²) in [6.07, 6.45) is 15.4. The molecule has 2 heteroatoms. The van der Waals surface area contributed by atoms with Crippen molar-refractivity contribution >= 4 is 0 Å². The van der Waals surface area contributed by atoms with Crippen molar-refractivity contribution in [2.45, 2.75) is 64.0 Å². The molecule has 1 atom stereocenters. The third-order valence-electron chi connectivity index (χ3n) is 4.55. The highest BCUT2D eigenvalue weighted by atomic mass is 14.9. The van der Waals surface area contributed by atoms with Gasteiger partial charge in [-0.2, -0.15) is 0 Å². The second-order valence-electron chi connectivity index (χ2n) is 5.94. The van der Waals surface area contributed by atoms with Crippen molar-refractivity contribution < 1.29 is 0 Å². The normalized spacial score (nSPS) is 25.8. The molecule has 1 fully saturated rings. The standard InChI is InChI=1S/C15H24N2/c16-15-8-4-3-7-13-10-17(11-14(13)15)9-12-5-1-2-6-12/h10-12,15H,1-9,16H2. The molecule has 0 bridgehead atoms. The molecule has 2 nitrogen and oxygen atoms in total. The molecule has 0 aliphatic heterocycles. The average molecular weight is 232 g/mol. The molecular weight excluding hydrogens is 208 g/mol. The Labute approximate surface area is 104 Å². The van der Waals surface area contributed by atoms with Crippen LogP contribution in [-0.2, 0) is 13.0 Å². The molecule has 0 spiro atoms. The lowest BCUT2D eigenvalue weighted by molar-refractivity contribution is 0.456. The Hall–Kier alpha value is -0.760. The molecular formula is C15H24N2. The van der Waals surface area contributed by atoms with Gasteiger partial charge in [-0.05, 0) is 49.1 Å². The molecule has 1 aromatic rings. The van der Waals surface area contributed by atoms with E-state index in [1.54, 1.807) is 0 Å². The summed E-state index contributed by atoms with van der Waals surface area (Å²) in [4.78, 5) is 0. The number of nitrogens with zero attached hydrogens (tertiary/aromatic N) is 1. The molecule has 0 amide bonds. The van der Waals surface area contributed by atoms with Crippen molar-refractivity contribution in [2.75, 3.05) is 0 Å². The minimum absolute atomic E-state index is 0.289. The van der Waals surface area contributed by atoms with Crippen LogP contribution in [0.2, 0.25) is 0 Å². The summed E-state index contributed by atoms with van der Waals surface area (Å²) in [6, 6.07) is 0.289. The van der Waals surface area contributed by atoms with Crippen molar-refractivity contribution in [3.05, 3.63) is 23.5 Å². The Morgan fingerprint density at radius 3 is 2.65 bits per heavy atom. The fourth-order valence-electron chi connectivity index (χ4n) is 3.55. The molecule has 94 valence electrons. The van der Waals surface area contributed by atoms with Crippen LogP contribution in [0.5, 0.6) is 0 Å². The lowest BCUT2D eigenvalue weighted by Gasteiger charge is -2.10. The SMILES string of the molecule is NC1CCCCc2cn(CC3CCCC3)cc21. The Kier molecular flexibility index (Phi) is 3.24. The van der Waals surface area contributed by atoms with Crippen molar-refractivity contribution in [3.63, 3.8) is 0 Å². The Morgan fingerprint density at radius 1 is 1.06 bits per heavy atom. The van der Waals surface area contributed by atoms with Crippen LogP contribution in [0.3, 0.4) is 0 Å². The maximum absolute atomic E-state index is 6.25. The van der Waals surface area contributed by atoms with E-state index in [1.165, 1.54) is 69.0 Å². The summed E-state index contributed by atoms with van der Waals surface area (Å²) in [5, 5.41) is 0. The van der Waals surface area contributed by atoms with Crippen molar-refractivity contribution in [1.29, 1.82) is 0 Å². The highest BCUT2D eigenvalue weighted by Crippen LogP contribution is 2.30. The maximum atomic E-state index is 6.25. The molecule has 2 aliphatic rings. The van der Waals surface area contributed by atoms with E-state index in [4.69, 9.17) is 5.73 Å². The molecule has 1 unspecified atom stereocenters. The van der Waals surface area contributed by atoms with E-state index < -0.39 is 0 Å². The van der Waals surface area contributed by atoms with Crippen LogP contribution in [0.15, 0.2) is 12.4 Å². The van der Waals surface area contributed by atoms with Gasteiger partial charge in [0, 0.05) is 25.0 Å². The topological polar surface area (TPSA) is 30.9 Å². The quantitative estimate of drug-likeness (QED) is 0.778. The smallest absolute Gasteiger partial charge is 0.0312 e. The zero-order valence-corrected chi connectivity index (χ0v) is 10.7. The van der Waals surface area contributed by atoms with Crippen LogP contribution < -0.4 is 5.73 Å². The number of nitrogens with two attached hydrogens (primary N) is 1. The molecule has 1 heterocycles. The van der Waals surface area contributed by atoms with Gasteiger partial charge < -0.3 is 10.3 Å².